The molecule has 0 aromatic heterocycles. The van der Waals surface area contributed by atoms with Crippen molar-refractivity contribution in [1.29, 1.82) is 0 Å². The Morgan fingerprint density at radius 2 is 2.31 bits per heavy atom. The average molecular weight is 201 g/mol. The van der Waals surface area contributed by atoms with Crippen molar-refractivity contribution in [1.82, 2.24) is 5.32 Å². The summed E-state index contributed by atoms with van der Waals surface area (Å²) >= 11 is 2.00. The predicted molar refractivity (Wildman–Crippen MR) is 57.1 cm³/mol. The molecule has 2 N–H and O–H groups in total. The largest absolute Gasteiger partial charge is 0.394 e. The van der Waals surface area contributed by atoms with Crippen LogP contribution >= 0.6 is 11.8 Å². The third kappa shape index (κ3) is 2.03. The van der Waals surface area contributed by atoms with Crippen molar-refractivity contribution in [3.05, 3.63) is 0 Å². The molecule has 13 heavy (non-hydrogen) atoms. The van der Waals surface area contributed by atoms with Crippen molar-refractivity contribution in [2.45, 2.75) is 49.4 Å². The lowest BCUT2D eigenvalue weighted by molar-refractivity contribution is 0.145. The van der Waals surface area contributed by atoms with Gasteiger partial charge in [-0.15, -0.1) is 0 Å². The van der Waals surface area contributed by atoms with Crippen LogP contribution in [0.5, 0.6) is 0 Å². The molecule has 1 aliphatic heterocycles. The number of thioether (sulfide) groups is 1. The van der Waals surface area contributed by atoms with Gasteiger partial charge in [0.2, 0.25) is 0 Å². The highest BCUT2D eigenvalue weighted by atomic mass is 32.2. The van der Waals surface area contributed by atoms with Gasteiger partial charge in [0.05, 0.1) is 12.1 Å². The van der Waals surface area contributed by atoms with E-state index in [1.807, 2.05) is 11.8 Å². The molecule has 1 heterocycles. The maximum atomic E-state index is 9.51. The van der Waals surface area contributed by atoms with Crippen molar-refractivity contribution in [2.75, 3.05) is 12.4 Å². The van der Waals surface area contributed by atoms with Crippen LogP contribution in [0.2, 0.25) is 0 Å². The summed E-state index contributed by atoms with van der Waals surface area (Å²) in [4.78, 5) is 0. The van der Waals surface area contributed by atoms with Gasteiger partial charge in [0.1, 0.15) is 0 Å². The molecule has 0 spiro atoms. The Morgan fingerprint density at radius 1 is 1.54 bits per heavy atom. The molecule has 2 atom stereocenters. The third-order valence-corrected chi connectivity index (χ3v) is 4.74. The lowest BCUT2D eigenvalue weighted by Crippen LogP contribution is -2.57. The highest BCUT2D eigenvalue weighted by molar-refractivity contribution is 8.00. The number of hydrogen-bond acceptors (Lipinski definition) is 3. The molecule has 0 aromatic carbocycles. The molecule has 1 aliphatic carbocycles. The maximum Gasteiger partial charge on any atom is 0.0624 e. The molecule has 2 fully saturated rings. The molecular weight excluding hydrogens is 182 g/mol. The zero-order chi connectivity index (χ0) is 9.31. The number of rotatable bonds is 3. The summed E-state index contributed by atoms with van der Waals surface area (Å²) in [5.41, 5.74) is 0.0318. The molecule has 1 saturated carbocycles. The molecule has 2 rings (SSSR count). The standard InChI is InChI=1S/C10H19NOS/c1-8-10(7-12,5-2-6-13-8)11-9-3-4-9/h8-9,11-12H,2-7H2,1H3. The first-order chi connectivity index (χ1) is 6.27. The Labute approximate surface area is 84.5 Å². The van der Waals surface area contributed by atoms with Crippen LogP contribution in [-0.2, 0) is 0 Å². The molecule has 2 unspecified atom stereocenters. The normalized spacial score (nSPS) is 40.6. The molecule has 0 bridgehead atoms. The fraction of sp³-hybridized carbons (Fsp3) is 1.00. The molecular formula is C10H19NOS. The fourth-order valence-electron chi connectivity index (χ4n) is 2.09. The van der Waals surface area contributed by atoms with E-state index in [9.17, 15) is 5.11 Å². The van der Waals surface area contributed by atoms with Gasteiger partial charge in [-0.3, -0.25) is 0 Å². The van der Waals surface area contributed by atoms with E-state index >= 15 is 0 Å². The number of aliphatic hydroxyl groups is 1. The van der Waals surface area contributed by atoms with Crippen LogP contribution in [-0.4, -0.2) is 34.3 Å². The Kier molecular flexibility index (Phi) is 2.86. The van der Waals surface area contributed by atoms with Crippen molar-refractivity contribution >= 4 is 11.8 Å². The van der Waals surface area contributed by atoms with Gasteiger partial charge in [0.15, 0.2) is 0 Å². The molecule has 3 heteroatoms. The highest BCUT2D eigenvalue weighted by Gasteiger charge is 2.41. The van der Waals surface area contributed by atoms with Gasteiger partial charge < -0.3 is 10.4 Å². The Morgan fingerprint density at radius 3 is 2.85 bits per heavy atom. The van der Waals surface area contributed by atoms with E-state index in [0.29, 0.717) is 17.9 Å². The first-order valence-electron chi connectivity index (χ1n) is 5.27. The van der Waals surface area contributed by atoms with Crippen LogP contribution in [0.15, 0.2) is 0 Å². The minimum Gasteiger partial charge on any atom is -0.394 e. The Balaban J connectivity index is 2.00. The SMILES string of the molecule is CC1SCCCC1(CO)NC1CC1. The first kappa shape index (κ1) is 9.81. The summed E-state index contributed by atoms with van der Waals surface area (Å²) in [6.45, 7) is 2.55. The summed E-state index contributed by atoms with van der Waals surface area (Å²) in [5, 5.41) is 13.7. The summed E-state index contributed by atoms with van der Waals surface area (Å²) in [7, 11) is 0. The van der Waals surface area contributed by atoms with Crippen LogP contribution in [0, 0.1) is 0 Å². The van der Waals surface area contributed by atoms with Crippen LogP contribution < -0.4 is 5.32 Å². The van der Waals surface area contributed by atoms with Gasteiger partial charge in [0, 0.05) is 11.3 Å². The first-order valence-corrected chi connectivity index (χ1v) is 6.32. The van der Waals surface area contributed by atoms with Gasteiger partial charge in [-0.1, -0.05) is 6.92 Å². The van der Waals surface area contributed by atoms with Gasteiger partial charge in [-0.2, -0.15) is 11.8 Å². The predicted octanol–water partition coefficient (Wildman–Crippen LogP) is 1.38. The van der Waals surface area contributed by atoms with Crippen molar-refractivity contribution in [3.8, 4) is 0 Å². The van der Waals surface area contributed by atoms with Crippen LogP contribution in [0.4, 0.5) is 0 Å². The van der Waals surface area contributed by atoms with Crippen LogP contribution in [0.3, 0.4) is 0 Å². The molecule has 1 saturated heterocycles. The number of aliphatic hydroxyl groups excluding tert-OH is 1. The summed E-state index contributed by atoms with van der Waals surface area (Å²) in [6, 6.07) is 0.702. The minimum atomic E-state index is 0.0318. The smallest absolute Gasteiger partial charge is 0.0624 e. The lowest BCUT2D eigenvalue weighted by atomic mass is 9.90. The molecule has 2 nitrogen and oxygen atoms in total. The van der Waals surface area contributed by atoms with E-state index in [1.165, 1.54) is 25.0 Å². The topological polar surface area (TPSA) is 32.3 Å². The Hall–Kier alpha value is 0.270. The summed E-state index contributed by atoms with van der Waals surface area (Å²) in [5.74, 6) is 1.26. The lowest BCUT2D eigenvalue weighted by Gasteiger charge is -2.42. The second-order valence-corrected chi connectivity index (χ2v) is 5.80. The zero-order valence-electron chi connectivity index (χ0n) is 8.25. The quantitative estimate of drug-likeness (QED) is 0.723. The number of hydrogen-bond donors (Lipinski definition) is 2. The second kappa shape index (κ2) is 3.79. The van der Waals surface area contributed by atoms with Crippen molar-refractivity contribution in [3.63, 3.8) is 0 Å². The van der Waals surface area contributed by atoms with Gasteiger partial charge >= 0.3 is 0 Å². The van der Waals surface area contributed by atoms with Crippen molar-refractivity contribution < 1.29 is 5.11 Å². The van der Waals surface area contributed by atoms with E-state index in [-0.39, 0.29) is 5.54 Å². The van der Waals surface area contributed by atoms with Gasteiger partial charge in [-0.25, -0.2) is 0 Å². The fourth-order valence-corrected chi connectivity index (χ4v) is 3.33. The minimum absolute atomic E-state index is 0.0318. The van der Waals surface area contributed by atoms with E-state index < -0.39 is 0 Å². The van der Waals surface area contributed by atoms with Crippen molar-refractivity contribution in [2.24, 2.45) is 0 Å². The van der Waals surface area contributed by atoms with Gasteiger partial charge in [0.25, 0.3) is 0 Å². The summed E-state index contributed by atoms with van der Waals surface area (Å²) < 4.78 is 0. The zero-order valence-corrected chi connectivity index (χ0v) is 9.07. The Bertz CT molecular complexity index is 184. The van der Waals surface area contributed by atoms with E-state index in [2.05, 4.69) is 12.2 Å². The number of nitrogens with one attached hydrogen (secondary N) is 1. The molecule has 2 aliphatic rings. The van der Waals surface area contributed by atoms with Gasteiger partial charge in [-0.05, 0) is 31.4 Å². The average Bonchev–Trinajstić information content (AvgIpc) is 2.93. The van der Waals surface area contributed by atoms with Crippen LogP contribution in [0.25, 0.3) is 0 Å². The molecule has 76 valence electrons. The van der Waals surface area contributed by atoms with Crippen LogP contribution in [0.1, 0.15) is 32.6 Å². The summed E-state index contributed by atoms with van der Waals surface area (Å²) in [6.07, 6.45) is 5.00. The van der Waals surface area contributed by atoms with E-state index in [4.69, 9.17) is 0 Å². The highest BCUT2D eigenvalue weighted by Crippen LogP contribution is 2.36. The molecule has 0 amide bonds. The maximum absolute atomic E-state index is 9.51. The molecule has 0 radical (unpaired) electrons. The third-order valence-electron chi connectivity index (χ3n) is 3.26. The molecule has 0 aromatic rings. The monoisotopic (exact) mass is 201 g/mol. The van der Waals surface area contributed by atoms with E-state index in [0.717, 1.165) is 6.42 Å². The van der Waals surface area contributed by atoms with E-state index in [1.54, 1.807) is 0 Å². The second-order valence-electron chi connectivity index (χ2n) is 4.35.